The maximum absolute atomic E-state index is 10.5. The van der Waals surface area contributed by atoms with Crippen LogP contribution in [-0.4, -0.2) is 11.7 Å². The van der Waals surface area contributed by atoms with Crippen LogP contribution in [0, 0.1) is 0 Å². The predicted molar refractivity (Wildman–Crippen MR) is 73.5 cm³/mol. The first-order valence-electron chi connectivity index (χ1n) is 5.71. The Morgan fingerprint density at radius 1 is 1.22 bits per heavy atom. The van der Waals surface area contributed by atoms with Crippen molar-refractivity contribution in [3.63, 3.8) is 0 Å². The number of carbonyl (C=O) groups is 1. The standard InChI is InChI=1S/C14H15N3O/c1-10(16-17-14(15)18)8-11-6-7-12-4-2-3-5-13(12)9-11/h2-7,9H,8H2,1H3,(H3,15,17,18). The van der Waals surface area contributed by atoms with Crippen LogP contribution >= 0.6 is 0 Å². The second kappa shape index (κ2) is 5.31. The van der Waals surface area contributed by atoms with E-state index in [2.05, 4.69) is 40.9 Å². The summed E-state index contributed by atoms with van der Waals surface area (Å²) in [5.74, 6) is 0. The second-order valence-electron chi connectivity index (χ2n) is 4.18. The van der Waals surface area contributed by atoms with Gasteiger partial charge in [-0.15, -0.1) is 0 Å². The van der Waals surface area contributed by atoms with Gasteiger partial charge in [-0.05, 0) is 23.3 Å². The maximum Gasteiger partial charge on any atom is 0.332 e. The predicted octanol–water partition coefficient (Wildman–Crippen LogP) is 2.43. The minimum Gasteiger partial charge on any atom is -0.350 e. The molecule has 4 heteroatoms. The molecule has 0 atom stereocenters. The summed E-state index contributed by atoms with van der Waals surface area (Å²) < 4.78 is 0. The van der Waals surface area contributed by atoms with Crippen molar-refractivity contribution in [3.05, 3.63) is 48.0 Å². The number of amides is 2. The number of primary amides is 1. The number of benzene rings is 2. The van der Waals surface area contributed by atoms with Gasteiger partial charge in [0, 0.05) is 12.1 Å². The van der Waals surface area contributed by atoms with Crippen molar-refractivity contribution in [2.75, 3.05) is 0 Å². The van der Waals surface area contributed by atoms with Crippen molar-refractivity contribution in [2.45, 2.75) is 13.3 Å². The molecule has 0 aliphatic rings. The van der Waals surface area contributed by atoms with Gasteiger partial charge in [-0.2, -0.15) is 5.10 Å². The average molecular weight is 241 g/mol. The molecule has 18 heavy (non-hydrogen) atoms. The second-order valence-corrected chi connectivity index (χ2v) is 4.18. The molecule has 0 aliphatic carbocycles. The molecule has 0 heterocycles. The topological polar surface area (TPSA) is 67.5 Å². The third-order valence-electron chi connectivity index (χ3n) is 2.63. The van der Waals surface area contributed by atoms with E-state index in [4.69, 9.17) is 5.73 Å². The molecule has 3 N–H and O–H groups in total. The van der Waals surface area contributed by atoms with Crippen molar-refractivity contribution in [2.24, 2.45) is 10.8 Å². The van der Waals surface area contributed by atoms with Gasteiger partial charge >= 0.3 is 6.03 Å². The zero-order chi connectivity index (χ0) is 13.0. The van der Waals surface area contributed by atoms with Gasteiger partial charge < -0.3 is 5.73 Å². The molecule has 0 radical (unpaired) electrons. The summed E-state index contributed by atoms with van der Waals surface area (Å²) in [6.45, 7) is 1.85. The number of hydrogen-bond acceptors (Lipinski definition) is 2. The minimum absolute atomic E-state index is 0.645. The Morgan fingerprint density at radius 3 is 2.67 bits per heavy atom. The lowest BCUT2D eigenvalue weighted by Gasteiger charge is -2.04. The van der Waals surface area contributed by atoms with Crippen molar-refractivity contribution >= 4 is 22.5 Å². The molecule has 0 saturated heterocycles. The molecule has 0 aromatic heterocycles. The van der Waals surface area contributed by atoms with Crippen LogP contribution in [0.2, 0.25) is 0 Å². The zero-order valence-electron chi connectivity index (χ0n) is 10.2. The number of hydrogen-bond donors (Lipinski definition) is 2. The Morgan fingerprint density at radius 2 is 1.94 bits per heavy atom. The van der Waals surface area contributed by atoms with E-state index in [1.807, 2.05) is 19.1 Å². The number of hydrazone groups is 1. The van der Waals surface area contributed by atoms with Crippen LogP contribution in [0.4, 0.5) is 4.79 Å². The van der Waals surface area contributed by atoms with Crippen LogP contribution in [0.5, 0.6) is 0 Å². The number of nitrogens with two attached hydrogens (primary N) is 1. The van der Waals surface area contributed by atoms with E-state index in [0.717, 1.165) is 11.3 Å². The first kappa shape index (κ1) is 12.1. The van der Waals surface area contributed by atoms with Crippen molar-refractivity contribution in [1.29, 1.82) is 0 Å². The van der Waals surface area contributed by atoms with E-state index in [1.54, 1.807) is 0 Å². The number of nitrogens with one attached hydrogen (secondary N) is 1. The summed E-state index contributed by atoms with van der Waals surface area (Å²) in [6, 6.07) is 13.8. The van der Waals surface area contributed by atoms with Crippen LogP contribution in [0.15, 0.2) is 47.6 Å². The van der Waals surface area contributed by atoms with Gasteiger partial charge in [0.25, 0.3) is 0 Å². The van der Waals surface area contributed by atoms with Crippen LogP contribution < -0.4 is 11.2 Å². The molecule has 2 aromatic carbocycles. The fourth-order valence-electron chi connectivity index (χ4n) is 1.83. The number of fused-ring (bicyclic) bond motifs is 1. The fourth-order valence-corrected chi connectivity index (χ4v) is 1.83. The maximum atomic E-state index is 10.5. The summed E-state index contributed by atoms with van der Waals surface area (Å²) >= 11 is 0. The van der Waals surface area contributed by atoms with E-state index in [9.17, 15) is 4.79 Å². The van der Waals surface area contributed by atoms with Crippen LogP contribution in [0.3, 0.4) is 0 Å². The van der Waals surface area contributed by atoms with Gasteiger partial charge in [-0.1, -0.05) is 42.5 Å². The van der Waals surface area contributed by atoms with E-state index >= 15 is 0 Å². The third kappa shape index (κ3) is 3.07. The van der Waals surface area contributed by atoms with Crippen LogP contribution in [0.1, 0.15) is 12.5 Å². The van der Waals surface area contributed by atoms with E-state index in [-0.39, 0.29) is 0 Å². The van der Waals surface area contributed by atoms with E-state index in [0.29, 0.717) is 6.42 Å². The summed E-state index contributed by atoms with van der Waals surface area (Å²) in [5.41, 5.74) is 9.14. The van der Waals surface area contributed by atoms with Crippen LogP contribution in [-0.2, 0) is 6.42 Å². The first-order valence-corrected chi connectivity index (χ1v) is 5.71. The molecule has 0 unspecified atom stereocenters. The quantitative estimate of drug-likeness (QED) is 0.629. The molecule has 2 aromatic rings. The molecular weight excluding hydrogens is 226 g/mol. The highest BCUT2D eigenvalue weighted by Gasteiger charge is 1.99. The Labute approximate surface area is 105 Å². The highest BCUT2D eigenvalue weighted by Crippen LogP contribution is 2.16. The summed E-state index contributed by atoms with van der Waals surface area (Å²) in [4.78, 5) is 10.5. The first-order chi connectivity index (χ1) is 8.65. The number of nitrogens with zero attached hydrogens (tertiary/aromatic N) is 1. The SMILES string of the molecule is CC(Cc1ccc2ccccc2c1)=NNC(N)=O. The average Bonchev–Trinajstić information content (AvgIpc) is 2.36. The Bertz CT molecular complexity index is 605. The summed E-state index contributed by atoms with van der Waals surface area (Å²) in [6.07, 6.45) is 0.686. The van der Waals surface area contributed by atoms with E-state index < -0.39 is 6.03 Å². The van der Waals surface area contributed by atoms with Crippen LogP contribution in [0.25, 0.3) is 10.8 Å². The van der Waals surface area contributed by atoms with Crippen molar-refractivity contribution in [1.82, 2.24) is 5.43 Å². The van der Waals surface area contributed by atoms with Gasteiger partial charge in [-0.25, -0.2) is 10.2 Å². The summed E-state index contributed by atoms with van der Waals surface area (Å²) in [7, 11) is 0. The lowest BCUT2D eigenvalue weighted by atomic mass is 10.0. The highest BCUT2D eigenvalue weighted by atomic mass is 16.2. The molecule has 0 bridgehead atoms. The van der Waals surface area contributed by atoms with Gasteiger partial charge in [0.05, 0.1) is 0 Å². The van der Waals surface area contributed by atoms with Gasteiger partial charge in [-0.3, -0.25) is 0 Å². The highest BCUT2D eigenvalue weighted by molar-refractivity contribution is 5.88. The smallest absolute Gasteiger partial charge is 0.332 e. The number of carbonyl (C=O) groups excluding carboxylic acids is 1. The number of rotatable bonds is 3. The van der Waals surface area contributed by atoms with Gasteiger partial charge in [0.1, 0.15) is 0 Å². The van der Waals surface area contributed by atoms with E-state index in [1.165, 1.54) is 10.8 Å². The molecule has 2 amide bonds. The Hall–Kier alpha value is -2.36. The molecule has 0 fully saturated rings. The normalized spacial score (nSPS) is 11.5. The monoisotopic (exact) mass is 241 g/mol. The largest absolute Gasteiger partial charge is 0.350 e. The molecular formula is C14H15N3O. The molecule has 92 valence electrons. The molecule has 2 rings (SSSR count). The minimum atomic E-state index is -0.645. The zero-order valence-corrected chi connectivity index (χ0v) is 10.2. The fraction of sp³-hybridized carbons (Fsp3) is 0.143. The van der Waals surface area contributed by atoms with Gasteiger partial charge in [0.2, 0.25) is 0 Å². The lowest BCUT2D eigenvalue weighted by Crippen LogP contribution is -2.25. The molecule has 4 nitrogen and oxygen atoms in total. The molecule has 0 saturated carbocycles. The Kier molecular flexibility index (Phi) is 3.57. The molecule has 0 aliphatic heterocycles. The van der Waals surface area contributed by atoms with Crippen molar-refractivity contribution in [3.8, 4) is 0 Å². The van der Waals surface area contributed by atoms with Gasteiger partial charge in [0.15, 0.2) is 0 Å². The Balaban J connectivity index is 2.16. The summed E-state index contributed by atoms with van der Waals surface area (Å²) in [5, 5.41) is 6.30. The van der Waals surface area contributed by atoms with Crippen molar-refractivity contribution < 1.29 is 4.79 Å². The molecule has 0 spiro atoms. The number of urea groups is 1. The lowest BCUT2D eigenvalue weighted by molar-refractivity contribution is 0.249. The third-order valence-corrected chi connectivity index (χ3v) is 2.63.